The Morgan fingerprint density at radius 1 is 1.67 bits per heavy atom. The Labute approximate surface area is 94.0 Å². The van der Waals surface area contributed by atoms with Gasteiger partial charge in [0.25, 0.3) is 0 Å². The maximum Gasteiger partial charge on any atom is 0.502 e. The topological polar surface area (TPSA) is 90.6 Å². The van der Waals surface area contributed by atoms with E-state index in [0.717, 1.165) is 11.3 Å². The smallest absolute Gasteiger partial charge is 0.488 e. The van der Waals surface area contributed by atoms with Gasteiger partial charge in [-0.25, -0.2) is 0 Å². The van der Waals surface area contributed by atoms with Crippen LogP contribution in [0.5, 0.6) is 5.88 Å². The van der Waals surface area contributed by atoms with Crippen LogP contribution >= 0.6 is 23.6 Å². The van der Waals surface area contributed by atoms with Crippen molar-refractivity contribution >= 4 is 34.3 Å². The fourth-order valence-electron chi connectivity index (χ4n) is 0.963. The molecule has 1 rings (SSSR count). The molecule has 0 fully saturated rings. The molecule has 1 heterocycles. The fraction of sp³-hybridized carbons (Fsp3) is 0.429. The second kappa shape index (κ2) is 4.97. The van der Waals surface area contributed by atoms with Crippen molar-refractivity contribution < 1.29 is 15.0 Å². The Kier molecular flexibility index (Phi) is 3.90. The zero-order chi connectivity index (χ0) is 11.4. The Bertz CT molecular complexity index is 471. The first kappa shape index (κ1) is 11.8. The maximum absolute atomic E-state index is 10.8. The van der Waals surface area contributed by atoms with Gasteiger partial charge in [0.1, 0.15) is 6.61 Å². The Morgan fingerprint density at radius 3 is 2.80 bits per heavy atom. The van der Waals surface area contributed by atoms with E-state index >= 15 is 0 Å². The number of hydrogen-bond donors (Lipinski definition) is 2. The molecule has 0 bridgehead atoms. The van der Waals surface area contributed by atoms with Gasteiger partial charge in [0.15, 0.2) is 14.7 Å². The number of nitrogens with zero attached hydrogens (tertiary/aromatic N) is 3. The van der Waals surface area contributed by atoms with Gasteiger partial charge in [-0.05, 0) is 23.6 Å². The maximum atomic E-state index is 10.8. The summed E-state index contributed by atoms with van der Waals surface area (Å²) < 4.78 is 1.59. The molecule has 1 aromatic heterocycles. The number of carbonyl (C=O) groups is 1. The van der Waals surface area contributed by atoms with Crippen molar-refractivity contribution in [3.05, 3.63) is 8.93 Å². The van der Waals surface area contributed by atoms with Crippen molar-refractivity contribution in [3.63, 3.8) is 0 Å². The molecule has 0 radical (unpaired) electrons. The Hall–Kier alpha value is -1.30. The van der Waals surface area contributed by atoms with Crippen LogP contribution in [0.1, 0.15) is 6.42 Å². The highest BCUT2D eigenvalue weighted by Crippen LogP contribution is 2.34. The number of aromatic hydroxyl groups is 1. The molecule has 0 saturated heterocycles. The van der Waals surface area contributed by atoms with Gasteiger partial charge in [0, 0.05) is 13.0 Å². The number of rotatable bonds is 4. The zero-order valence-corrected chi connectivity index (χ0v) is 9.22. The highest BCUT2D eigenvalue weighted by Gasteiger charge is 2.22. The molecule has 0 atom stereocenters. The molecule has 0 aliphatic rings. The molecular formula is C7H8N3O3S2+. The first-order valence-corrected chi connectivity index (χ1v) is 5.23. The Balaban J connectivity index is 2.87. The second-order valence-corrected chi connectivity index (χ2v) is 4.32. The monoisotopic (exact) mass is 246 g/mol. The minimum absolute atomic E-state index is 0.0106. The predicted octanol–water partition coefficient (Wildman–Crippen LogP) is 1.42. The summed E-state index contributed by atoms with van der Waals surface area (Å²) in [5.41, 5.74) is 0. The molecular weight excluding hydrogens is 238 g/mol. The lowest BCUT2D eigenvalue weighted by molar-refractivity contribution is -0.121. The summed E-state index contributed by atoms with van der Waals surface area (Å²) in [6, 6.07) is 0. The van der Waals surface area contributed by atoms with E-state index in [0.29, 0.717) is 3.95 Å². The number of ketones is 1. The molecule has 1 aromatic rings. The van der Waals surface area contributed by atoms with Gasteiger partial charge in [-0.15, -0.1) is 0 Å². The first-order valence-electron chi connectivity index (χ1n) is 4.00. The van der Waals surface area contributed by atoms with Crippen LogP contribution in [-0.4, -0.2) is 27.2 Å². The fourth-order valence-corrected chi connectivity index (χ4v) is 2.07. The lowest BCUT2D eigenvalue weighted by Crippen LogP contribution is -2.08. The van der Waals surface area contributed by atoms with Crippen molar-refractivity contribution in [3.8, 4) is 5.88 Å². The van der Waals surface area contributed by atoms with Gasteiger partial charge in [0.2, 0.25) is 5.39 Å². The minimum Gasteiger partial charge on any atom is -0.488 e. The standard InChI is InChI=1S/C7H7N3O3S2/c8-9-5-6(13)10(7(14)15-5)2-1-4(12)3-11/h11H,1-3H2/p+1. The first-order chi connectivity index (χ1) is 7.10. The summed E-state index contributed by atoms with van der Waals surface area (Å²) in [6.45, 7) is -0.370. The van der Waals surface area contributed by atoms with Gasteiger partial charge in [-0.2, -0.15) is 0 Å². The van der Waals surface area contributed by atoms with Gasteiger partial charge in [0.05, 0.1) is 0 Å². The highest BCUT2D eigenvalue weighted by molar-refractivity contribution is 7.73. The third kappa shape index (κ3) is 2.59. The number of aliphatic hydroxyl groups excluding tert-OH is 1. The third-order valence-electron chi connectivity index (χ3n) is 1.73. The van der Waals surface area contributed by atoms with Crippen molar-refractivity contribution in [1.29, 1.82) is 5.39 Å². The van der Waals surface area contributed by atoms with Gasteiger partial charge < -0.3 is 10.2 Å². The van der Waals surface area contributed by atoms with E-state index in [1.54, 1.807) is 0 Å². The normalized spacial score (nSPS) is 9.87. The molecule has 0 aliphatic carbocycles. The van der Waals surface area contributed by atoms with Crippen LogP contribution < -0.4 is 0 Å². The lowest BCUT2D eigenvalue weighted by Gasteiger charge is -2.00. The van der Waals surface area contributed by atoms with E-state index in [4.69, 9.17) is 22.7 Å². The van der Waals surface area contributed by atoms with Crippen LogP contribution in [0.25, 0.3) is 4.98 Å². The van der Waals surface area contributed by atoms with Crippen LogP contribution in [0.3, 0.4) is 0 Å². The number of carbonyl (C=O) groups excluding carboxylic acids is 1. The molecule has 0 saturated carbocycles. The van der Waals surface area contributed by atoms with Crippen molar-refractivity contribution in [2.45, 2.75) is 13.0 Å². The Morgan fingerprint density at radius 2 is 2.33 bits per heavy atom. The molecule has 0 aromatic carbocycles. The van der Waals surface area contributed by atoms with Gasteiger partial charge in [-0.1, -0.05) is 0 Å². The van der Waals surface area contributed by atoms with E-state index in [2.05, 4.69) is 4.98 Å². The van der Waals surface area contributed by atoms with Crippen LogP contribution in [0.4, 0.5) is 5.00 Å². The van der Waals surface area contributed by atoms with Crippen molar-refractivity contribution in [1.82, 2.24) is 4.57 Å². The van der Waals surface area contributed by atoms with E-state index in [9.17, 15) is 9.90 Å². The molecule has 2 N–H and O–H groups in total. The summed E-state index contributed by atoms with van der Waals surface area (Å²) in [4.78, 5) is 13.7. The van der Waals surface area contributed by atoms with E-state index in [1.807, 2.05) is 0 Å². The highest BCUT2D eigenvalue weighted by atomic mass is 32.1. The summed E-state index contributed by atoms with van der Waals surface area (Å²) in [7, 11) is 0. The number of aliphatic hydroxyl groups is 1. The molecule has 80 valence electrons. The molecule has 6 nitrogen and oxygen atoms in total. The van der Waals surface area contributed by atoms with Gasteiger partial charge >= 0.3 is 10.9 Å². The second-order valence-electron chi connectivity index (χ2n) is 2.70. The van der Waals surface area contributed by atoms with Crippen molar-refractivity contribution in [2.75, 3.05) is 6.61 Å². The average Bonchev–Trinajstić information content (AvgIpc) is 2.51. The number of aromatic nitrogens is 1. The molecule has 8 heteroatoms. The molecule has 15 heavy (non-hydrogen) atoms. The van der Waals surface area contributed by atoms with E-state index in [1.165, 1.54) is 4.57 Å². The molecule has 0 amide bonds. The number of diazo groups is 1. The largest absolute Gasteiger partial charge is 0.502 e. The summed E-state index contributed by atoms with van der Waals surface area (Å²) >= 11 is 5.83. The minimum atomic E-state index is -0.532. The molecule has 0 aliphatic heterocycles. The summed E-state index contributed by atoms with van der Waals surface area (Å²) in [5, 5.41) is 26.5. The van der Waals surface area contributed by atoms with Crippen LogP contribution in [0.15, 0.2) is 0 Å². The average molecular weight is 246 g/mol. The van der Waals surface area contributed by atoms with E-state index < -0.39 is 6.61 Å². The van der Waals surface area contributed by atoms with Crippen LogP contribution in [0.2, 0.25) is 0 Å². The molecule has 0 spiro atoms. The number of thiazole rings is 1. The number of hydrogen-bond acceptors (Lipinski definition) is 6. The van der Waals surface area contributed by atoms with Gasteiger partial charge in [-0.3, -0.25) is 9.36 Å². The summed E-state index contributed by atoms with van der Waals surface area (Å²) in [6.07, 6.45) is 0.0694. The predicted molar refractivity (Wildman–Crippen MR) is 56.3 cm³/mol. The zero-order valence-electron chi connectivity index (χ0n) is 7.58. The quantitative estimate of drug-likeness (QED) is 0.619. The van der Waals surface area contributed by atoms with Crippen LogP contribution in [0, 0.1) is 9.35 Å². The molecule has 0 unspecified atom stereocenters. The third-order valence-corrected chi connectivity index (χ3v) is 3.06. The number of Topliss-reactive ketones (excluding diaryl/α,β-unsaturated/α-hetero) is 1. The van der Waals surface area contributed by atoms with Crippen LogP contribution in [-0.2, 0) is 11.3 Å². The summed E-state index contributed by atoms with van der Waals surface area (Å²) in [5.74, 6) is -0.608. The van der Waals surface area contributed by atoms with E-state index in [-0.39, 0.29) is 29.6 Å². The van der Waals surface area contributed by atoms with Crippen molar-refractivity contribution in [2.24, 2.45) is 0 Å². The lowest BCUT2D eigenvalue weighted by atomic mass is 10.3. The SMILES string of the molecule is N#[N+]c1sc(=S)n(CCC(=O)CO)c1O.